The molecule has 5 nitrogen and oxygen atoms in total. The molecule has 0 saturated carbocycles. The van der Waals surface area contributed by atoms with Gasteiger partial charge in [0.1, 0.15) is 5.82 Å². The smallest absolute Gasteiger partial charge is 0.123 e. The fourth-order valence-electron chi connectivity index (χ4n) is 2.99. The van der Waals surface area contributed by atoms with Crippen LogP contribution in [0.25, 0.3) is 10.9 Å². The van der Waals surface area contributed by atoms with Gasteiger partial charge in [0.05, 0.1) is 24.0 Å². The summed E-state index contributed by atoms with van der Waals surface area (Å²) < 4.78 is 15.0. The van der Waals surface area contributed by atoms with Gasteiger partial charge in [-0.25, -0.2) is 4.39 Å². The van der Waals surface area contributed by atoms with Crippen LogP contribution in [0, 0.1) is 5.82 Å². The summed E-state index contributed by atoms with van der Waals surface area (Å²) in [5.74, 6) is -0.238. The molecule has 0 saturated heterocycles. The van der Waals surface area contributed by atoms with Crippen LogP contribution in [-0.2, 0) is 13.6 Å². The molecule has 2 N–H and O–H groups in total. The van der Waals surface area contributed by atoms with Crippen molar-refractivity contribution >= 4 is 10.9 Å². The van der Waals surface area contributed by atoms with Crippen LogP contribution >= 0.6 is 0 Å². The molecule has 0 aliphatic heterocycles. The first-order chi connectivity index (χ1) is 12.2. The molecule has 1 unspecified atom stereocenters. The molecule has 0 bridgehead atoms. The molecule has 0 aliphatic rings. The number of nitrogens with zero attached hydrogens (tertiary/aromatic N) is 3. The first-order valence-corrected chi connectivity index (χ1v) is 8.08. The van der Waals surface area contributed by atoms with Crippen LogP contribution in [0.1, 0.15) is 22.7 Å². The lowest BCUT2D eigenvalue weighted by atomic mass is 10.0. The van der Waals surface area contributed by atoms with Crippen molar-refractivity contribution < 1.29 is 4.39 Å². The third-order valence-corrected chi connectivity index (χ3v) is 4.28. The Labute approximate surface area is 144 Å². The van der Waals surface area contributed by atoms with E-state index in [1.165, 1.54) is 12.1 Å². The van der Waals surface area contributed by atoms with Crippen molar-refractivity contribution in [1.82, 2.24) is 25.3 Å². The third kappa shape index (κ3) is 3.29. The summed E-state index contributed by atoms with van der Waals surface area (Å²) in [6.45, 7) is 0.673. The van der Waals surface area contributed by atoms with Crippen molar-refractivity contribution in [2.24, 2.45) is 7.05 Å². The van der Waals surface area contributed by atoms with E-state index >= 15 is 0 Å². The van der Waals surface area contributed by atoms with Gasteiger partial charge in [0.2, 0.25) is 0 Å². The largest absolute Gasteiger partial charge is 0.302 e. The number of nitrogens with one attached hydrogen (secondary N) is 2. The van der Waals surface area contributed by atoms with Gasteiger partial charge >= 0.3 is 0 Å². The Hall–Kier alpha value is -2.99. The van der Waals surface area contributed by atoms with Crippen molar-refractivity contribution in [1.29, 1.82) is 0 Å². The molecule has 0 spiro atoms. The quantitative estimate of drug-likeness (QED) is 0.588. The van der Waals surface area contributed by atoms with Gasteiger partial charge in [-0.15, -0.1) is 0 Å². The molecular formula is C19H18FN5. The molecule has 2 heterocycles. The zero-order valence-electron chi connectivity index (χ0n) is 13.8. The molecule has 126 valence electrons. The van der Waals surface area contributed by atoms with Crippen LogP contribution in [-0.4, -0.2) is 20.0 Å². The van der Waals surface area contributed by atoms with Crippen molar-refractivity contribution in [2.75, 3.05) is 0 Å². The summed E-state index contributed by atoms with van der Waals surface area (Å²) in [4.78, 5) is 0. The van der Waals surface area contributed by atoms with E-state index in [4.69, 9.17) is 0 Å². The van der Waals surface area contributed by atoms with Crippen LogP contribution in [0.3, 0.4) is 0 Å². The number of benzene rings is 2. The van der Waals surface area contributed by atoms with Gasteiger partial charge in [0.15, 0.2) is 0 Å². The molecule has 1 atom stereocenters. The minimum absolute atomic E-state index is 0.0632. The van der Waals surface area contributed by atoms with E-state index < -0.39 is 0 Å². The Balaban J connectivity index is 1.60. The number of fused-ring (bicyclic) bond motifs is 1. The van der Waals surface area contributed by atoms with Crippen LogP contribution < -0.4 is 5.32 Å². The molecule has 0 aliphatic carbocycles. The van der Waals surface area contributed by atoms with Gasteiger partial charge in [-0.2, -0.15) is 10.2 Å². The normalized spacial score (nSPS) is 12.6. The van der Waals surface area contributed by atoms with Gasteiger partial charge in [-0.1, -0.05) is 24.3 Å². The molecule has 2 aromatic heterocycles. The lowest BCUT2D eigenvalue weighted by Gasteiger charge is -2.18. The highest BCUT2D eigenvalue weighted by atomic mass is 19.1. The number of aromatic amines is 1. The van der Waals surface area contributed by atoms with Crippen LogP contribution in [0.5, 0.6) is 0 Å². The third-order valence-electron chi connectivity index (χ3n) is 4.28. The highest BCUT2D eigenvalue weighted by molar-refractivity contribution is 5.78. The molecule has 25 heavy (non-hydrogen) atoms. The van der Waals surface area contributed by atoms with Crippen molar-refractivity contribution in [2.45, 2.75) is 12.6 Å². The van der Waals surface area contributed by atoms with E-state index in [9.17, 15) is 4.39 Å². The predicted molar refractivity (Wildman–Crippen MR) is 94.4 cm³/mol. The second kappa shape index (κ2) is 6.49. The van der Waals surface area contributed by atoms with Gasteiger partial charge in [-0.3, -0.25) is 9.78 Å². The average Bonchev–Trinajstić information content (AvgIpc) is 3.25. The van der Waals surface area contributed by atoms with Gasteiger partial charge in [0, 0.05) is 30.7 Å². The second-order valence-corrected chi connectivity index (χ2v) is 6.10. The number of rotatable bonds is 5. The summed E-state index contributed by atoms with van der Waals surface area (Å²) in [5, 5.41) is 15.9. The standard InChI is InChI=1S/C19H18FN5/c1-25-12-16(11-23-25)19(14-4-6-17(20)7-5-14)21-9-13-2-3-15-10-22-24-18(15)8-13/h2-8,10-12,19,21H,9H2,1H3,(H,22,24). The van der Waals surface area contributed by atoms with Crippen molar-refractivity contribution in [3.8, 4) is 0 Å². The van der Waals surface area contributed by atoms with E-state index in [1.807, 2.05) is 31.7 Å². The fraction of sp³-hybridized carbons (Fsp3) is 0.158. The number of hydrogen-bond acceptors (Lipinski definition) is 3. The molecule has 0 amide bonds. The maximum Gasteiger partial charge on any atom is 0.123 e. The molecule has 0 fully saturated rings. The molecule has 4 aromatic rings. The van der Waals surface area contributed by atoms with E-state index in [0.717, 1.165) is 27.6 Å². The molecule has 6 heteroatoms. The number of aryl methyl sites for hydroxylation is 1. The Bertz CT molecular complexity index is 986. The Morgan fingerprint density at radius 3 is 2.72 bits per heavy atom. The highest BCUT2D eigenvalue weighted by Gasteiger charge is 2.15. The Kier molecular flexibility index (Phi) is 4.03. The Morgan fingerprint density at radius 2 is 1.96 bits per heavy atom. The van der Waals surface area contributed by atoms with Crippen LogP contribution in [0.15, 0.2) is 61.1 Å². The van der Waals surface area contributed by atoms with Crippen molar-refractivity contribution in [3.63, 3.8) is 0 Å². The lowest BCUT2D eigenvalue weighted by molar-refractivity contribution is 0.597. The molecular weight excluding hydrogens is 317 g/mol. The number of halogens is 1. The maximum absolute atomic E-state index is 13.3. The number of H-pyrrole nitrogens is 1. The Morgan fingerprint density at radius 1 is 1.12 bits per heavy atom. The molecule has 2 aromatic carbocycles. The minimum atomic E-state index is -0.238. The monoisotopic (exact) mass is 335 g/mol. The summed E-state index contributed by atoms with van der Waals surface area (Å²) in [7, 11) is 1.89. The number of aromatic nitrogens is 4. The van der Waals surface area contributed by atoms with E-state index in [2.05, 4.69) is 32.7 Å². The first kappa shape index (κ1) is 15.5. The van der Waals surface area contributed by atoms with Gasteiger partial charge in [-0.05, 0) is 29.3 Å². The van der Waals surface area contributed by atoms with Crippen LogP contribution in [0.2, 0.25) is 0 Å². The zero-order chi connectivity index (χ0) is 17.2. The van der Waals surface area contributed by atoms with Crippen LogP contribution in [0.4, 0.5) is 4.39 Å². The predicted octanol–water partition coefficient (Wildman–Crippen LogP) is 3.31. The van der Waals surface area contributed by atoms with Gasteiger partial charge in [0.25, 0.3) is 0 Å². The lowest BCUT2D eigenvalue weighted by Crippen LogP contribution is -2.21. The minimum Gasteiger partial charge on any atom is -0.302 e. The molecule has 0 radical (unpaired) electrons. The second-order valence-electron chi connectivity index (χ2n) is 6.10. The zero-order valence-corrected chi connectivity index (χ0v) is 13.8. The van der Waals surface area contributed by atoms with Gasteiger partial charge < -0.3 is 5.32 Å². The SMILES string of the molecule is Cn1cc(C(NCc2ccc3cn[nH]c3c2)c2ccc(F)cc2)cn1. The number of hydrogen-bond donors (Lipinski definition) is 2. The topological polar surface area (TPSA) is 58.5 Å². The average molecular weight is 335 g/mol. The summed E-state index contributed by atoms with van der Waals surface area (Å²) in [5.41, 5.74) is 4.19. The van der Waals surface area contributed by atoms with E-state index in [0.29, 0.717) is 6.54 Å². The summed E-state index contributed by atoms with van der Waals surface area (Å²) in [6, 6.07) is 12.7. The summed E-state index contributed by atoms with van der Waals surface area (Å²) >= 11 is 0. The van der Waals surface area contributed by atoms with E-state index in [-0.39, 0.29) is 11.9 Å². The highest BCUT2D eigenvalue weighted by Crippen LogP contribution is 2.23. The van der Waals surface area contributed by atoms with Crippen molar-refractivity contribution in [3.05, 3.63) is 83.6 Å². The first-order valence-electron chi connectivity index (χ1n) is 8.08. The maximum atomic E-state index is 13.3. The van der Waals surface area contributed by atoms with E-state index in [1.54, 1.807) is 16.8 Å². The fourth-order valence-corrected chi connectivity index (χ4v) is 2.99. The molecule has 4 rings (SSSR count). The summed E-state index contributed by atoms with van der Waals surface area (Å²) in [6.07, 6.45) is 5.61.